The van der Waals surface area contributed by atoms with Gasteiger partial charge in [0, 0.05) is 6.07 Å². The first kappa shape index (κ1) is 15.4. The van der Waals surface area contributed by atoms with E-state index in [1.165, 1.54) is 14.2 Å². The normalized spacial score (nSPS) is 11.6. The summed E-state index contributed by atoms with van der Waals surface area (Å²) in [6.45, 7) is 0. The van der Waals surface area contributed by atoms with Gasteiger partial charge in [0.2, 0.25) is 15.0 Å². The lowest BCUT2D eigenvalue weighted by Crippen LogP contribution is -2.07. The molecule has 0 aliphatic heterocycles. The van der Waals surface area contributed by atoms with Crippen molar-refractivity contribution >= 4 is 20.9 Å². The van der Waals surface area contributed by atoms with E-state index in [1.54, 1.807) is 30.3 Å². The second-order valence-corrected chi connectivity index (χ2v) is 6.94. The van der Waals surface area contributed by atoms with Crippen LogP contribution in [-0.2, 0) is 15.6 Å². The fourth-order valence-corrected chi connectivity index (χ4v) is 3.56. The Morgan fingerprint density at radius 2 is 1.70 bits per heavy atom. The number of nitrogens with zero attached hydrogens (tertiary/aromatic N) is 1. The third-order valence-corrected chi connectivity index (χ3v) is 4.93. The van der Waals surface area contributed by atoms with Crippen LogP contribution < -0.4 is 9.47 Å². The molecule has 23 heavy (non-hydrogen) atoms. The number of aromatic amines is 1. The van der Waals surface area contributed by atoms with Crippen LogP contribution in [0.2, 0.25) is 0 Å². The fraction of sp³-hybridized carbons (Fsp3) is 0.188. The zero-order chi connectivity index (χ0) is 16.4. The highest BCUT2D eigenvalue weighted by atomic mass is 32.2. The molecule has 1 N–H and O–H groups in total. The molecular weight excluding hydrogens is 316 g/mol. The van der Waals surface area contributed by atoms with Crippen LogP contribution >= 0.6 is 0 Å². The molecule has 0 spiro atoms. The summed E-state index contributed by atoms with van der Waals surface area (Å²) in [4.78, 5) is 7.01. The van der Waals surface area contributed by atoms with Crippen LogP contribution in [0.5, 0.6) is 11.5 Å². The first-order valence-corrected chi connectivity index (χ1v) is 8.56. The zero-order valence-electron chi connectivity index (χ0n) is 12.7. The molecule has 0 unspecified atom stereocenters. The average molecular weight is 332 g/mol. The second kappa shape index (κ2) is 5.92. The predicted molar refractivity (Wildman–Crippen MR) is 86.5 cm³/mol. The van der Waals surface area contributed by atoms with Crippen molar-refractivity contribution in [3.8, 4) is 11.5 Å². The molecule has 0 radical (unpaired) electrons. The van der Waals surface area contributed by atoms with Gasteiger partial charge in [0.25, 0.3) is 0 Å². The number of fused-ring (bicyclic) bond motifs is 1. The molecule has 2 aromatic carbocycles. The largest absolute Gasteiger partial charge is 0.497 e. The number of ether oxygens (including phenoxy) is 2. The summed E-state index contributed by atoms with van der Waals surface area (Å²) in [5.41, 5.74) is 1.88. The van der Waals surface area contributed by atoms with Crippen LogP contribution in [0.1, 0.15) is 5.56 Å². The van der Waals surface area contributed by atoms with E-state index >= 15 is 0 Å². The number of rotatable bonds is 5. The minimum atomic E-state index is -3.60. The molecular formula is C16H16N2O4S. The van der Waals surface area contributed by atoms with Crippen LogP contribution in [0.25, 0.3) is 11.0 Å². The van der Waals surface area contributed by atoms with E-state index in [1.807, 2.05) is 12.1 Å². The predicted octanol–water partition coefficient (Wildman–Crippen LogP) is 2.55. The molecule has 3 rings (SSSR count). The molecule has 0 bridgehead atoms. The third kappa shape index (κ3) is 3.14. The third-order valence-electron chi connectivity index (χ3n) is 3.43. The Morgan fingerprint density at radius 3 is 2.30 bits per heavy atom. The number of aromatic nitrogens is 2. The van der Waals surface area contributed by atoms with Crippen LogP contribution in [0, 0.1) is 0 Å². The van der Waals surface area contributed by atoms with Gasteiger partial charge >= 0.3 is 0 Å². The van der Waals surface area contributed by atoms with Crippen LogP contribution in [0.15, 0.2) is 47.6 Å². The van der Waals surface area contributed by atoms with E-state index < -0.39 is 9.84 Å². The van der Waals surface area contributed by atoms with Crippen LogP contribution in [0.4, 0.5) is 0 Å². The Hall–Kier alpha value is -2.54. The molecule has 0 fully saturated rings. The zero-order valence-corrected chi connectivity index (χ0v) is 13.6. The van der Waals surface area contributed by atoms with Gasteiger partial charge in [-0.1, -0.05) is 12.1 Å². The highest BCUT2D eigenvalue weighted by Gasteiger charge is 2.20. The number of sulfone groups is 1. The highest BCUT2D eigenvalue weighted by Crippen LogP contribution is 2.25. The summed E-state index contributed by atoms with van der Waals surface area (Å²) < 4.78 is 35.5. The number of para-hydroxylation sites is 2. The molecule has 0 aliphatic carbocycles. The summed E-state index contributed by atoms with van der Waals surface area (Å²) in [7, 11) is -0.563. The number of nitrogens with one attached hydrogen (secondary N) is 1. The molecule has 0 atom stereocenters. The van der Waals surface area contributed by atoms with Gasteiger partial charge < -0.3 is 14.5 Å². The standard InChI is InChI=1S/C16H16N2O4S/c1-21-12-7-11(8-13(9-12)22-2)10-23(19,20)16-17-14-5-3-4-6-15(14)18-16/h3-9H,10H2,1-2H3,(H,17,18). The SMILES string of the molecule is COc1cc(CS(=O)(=O)c2nc3ccccc3[nH]2)cc(OC)c1. The molecule has 1 aromatic heterocycles. The maximum absolute atomic E-state index is 12.6. The Bertz CT molecular complexity index is 892. The van der Waals surface area contributed by atoms with Crippen molar-refractivity contribution in [2.24, 2.45) is 0 Å². The van der Waals surface area contributed by atoms with Gasteiger partial charge in [0.05, 0.1) is 31.0 Å². The van der Waals surface area contributed by atoms with Crippen molar-refractivity contribution in [3.63, 3.8) is 0 Å². The van der Waals surface area contributed by atoms with E-state index in [0.717, 1.165) is 0 Å². The maximum atomic E-state index is 12.6. The highest BCUT2D eigenvalue weighted by molar-refractivity contribution is 7.90. The number of benzene rings is 2. The van der Waals surface area contributed by atoms with E-state index in [4.69, 9.17) is 9.47 Å². The van der Waals surface area contributed by atoms with Crippen molar-refractivity contribution in [2.75, 3.05) is 14.2 Å². The monoisotopic (exact) mass is 332 g/mol. The Kier molecular flexibility index (Phi) is 3.96. The van der Waals surface area contributed by atoms with E-state index in [9.17, 15) is 8.42 Å². The molecule has 0 saturated heterocycles. The molecule has 3 aromatic rings. The second-order valence-electron chi connectivity index (χ2n) is 5.04. The van der Waals surface area contributed by atoms with Crippen molar-refractivity contribution < 1.29 is 17.9 Å². The topological polar surface area (TPSA) is 81.3 Å². The molecule has 7 heteroatoms. The van der Waals surface area contributed by atoms with Crippen LogP contribution in [-0.4, -0.2) is 32.6 Å². The van der Waals surface area contributed by atoms with Crippen molar-refractivity contribution in [3.05, 3.63) is 48.0 Å². The molecule has 0 aliphatic rings. The Labute approximate surface area is 134 Å². The average Bonchev–Trinajstić information content (AvgIpc) is 2.99. The first-order chi connectivity index (χ1) is 11.0. The number of methoxy groups -OCH3 is 2. The molecule has 0 amide bonds. The van der Waals surface area contributed by atoms with Crippen molar-refractivity contribution in [1.82, 2.24) is 9.97 Å². The van der Waals surface area contributed by atoms with Gasteiger partial charge in [-0.2, -0.15) is 0 Å². The first-order valence-electron chi connectivity index (χ1n) is 6.91. The van der Waals surface area contributed by atoms with Gasteiger partial charge in [0.1, 0.15) is 11.5 Å². The van der Waals surface area contributed by atoms with Gasteiger partial charge in [-0.15, -0.1) is 0 Å². The minimum absolute atomic E-state index is 0.0412. The molecule has 1 heterocycles. The molecule has 120 valence electrons. The summed E-state index contributed by atoms with van der Waals surface area (Å²) >= 11 is 0. The lowest BCUT2D eigenvalue weighted by atomic mass is 10.2. The Morgan fingerprint density at radius 1 is 1.04 bits per heavy atom. The van der Waals surface area contributed by atoms with E-state index in [0.29, 0.717) is 28.1 Å². The van der Waals surface area contributed by atoms with E-state index in [-0.39, 0.29) is 10.9 Å². The minimum Gasteiger partial charge on any atom is -0.497 e. The lowest BCUT2D eigenvalue weighted by Gasteiger charge is -2.08. The summed E-state index contributed by atoms with van der Waals surface area (Å²) in [6.07, 6.45) is 0. The number of imidazole rings is 1. The van der Waals surface area contributed by atoms with Crippen molar-refractivity contribution in [2.45, 2.75) is 10.9 Å². The lowest BCUT2D eigenvalue weighted by molar-refractivity contribution is 0.393. The number of hydrogen-bond acceptors (Lipinski definition) is 5. The summed E-state index contributed by atoms with van der Waals surface area (Å²) in [6, 6.07) is 12.2. The van der Waals surface area contributed by atoms with Crippen molar-refractivity contribution in [1.29, 1.82) is 0 Å². The fourth-order valence-electron chi connectivity index (χ4n) is 2.31. The molecule has 0 saturated carbocycles. The van der Waals surface area contributed by atoms with Crippen LogP contribution in [0.3, 0.4) is 0 Å². The van der Waals surface area contributed by atoms with Gasteiger partial charge in [-0.3, -0.25) is 0 Å². The molecule has 6 nitrogen and oxygen atoms in total. The smallest absolute Gasteiger partial charge is 0.226 e. The van der Waals surface area contributed by atoms with Gasteiger partial charge in [-0.25, -0.2) is 13.4 Å². The summed E-state index contributed by atoms with van der Waals surface area (Å²) in [5, 5.41) is -0.0412. The van der Waals surface area contributed by atoms with Gasteiger partial charge in [-0.05, 0) is 29.8 Å². The maximum Gasteiger partial charge on any atom is 0.226 e. The summed E-state index contributed by atoms with van der Waals surface area (Å²) in [5.74, 6) is 0.888. The quantitative estimate of drug-likeness (QED) is 0.776. The van der Waals surface area contributed by atoms with Gasteiger partial charge in [0.15, 0.2) is 0 Å². The Balaban J connectivity index is 1.97. The van der Waals surface area contributed by atoms with E-state index in [2.05, 4.69) is 9.97 Å². The number of hydrogen-bond donors (Lipinski definition) is 1. The number of H-pyrrole nitrogens is 1.